The van der Waals surface area contributed by atoms with Gasteiger partial charge >= 0.3 is 144 Å². The summed E-state index contributed by atoms with van der Waals surface area (Å²) in [6.45, 7) is 0. The van der Waals surface area contributed by atoms with Crippen LogP contribution in [0.15, 0.2) is 93.9 Å². The molecular formula is C22H18Mn. The average molecular weight is 337 g/mol. The van der Waals surface area contributed by atoms with E-state index in [1.807, 2.05) is 0 Å². The zero-order chi connectivity index (χ0) is 15.5. The van der Waals surface area contributed by atoms with Crippen LogP contribution in [-0.4, -0.2) is 0 Å². The molecule has 2 aromatic carbocycles. The molecule has 0 nitrogen and oxygen atoms in total. The third kappa shape index (κ3) is 3.03. The number of hydrogen-bond acceptors (Lipinski definition) is 0. The Bertz CT molecular complexity index is 749. The summed E-state index contributed by atoms with van der Waals surface area (Å²) in [7, 11) is 0. The van der Waals surface area contributed by atoms with Crippen molar-refractivity contribution in [2.45, 2.75) is 12.8 Å². The van der Waals surface area contributed by atoms with Crippen LogP contribution in [0.2, 0.25) is 0 Å². The van der Waals surface area contributed by atoms with Crippen LogP contribution in [0.25, 0.3) is 11.1 Å². The first-order valence-corrected chi connectivity index (χ1v) is 9.15. The SMILES string of the molecule is C1=CC(c2ccccc2)=[C]([Mn][C]2=C(c3ccccc3)C=CC2)C1. The molecular weight excluding hydrogens is 319 g/mol. The summed E-state index contributed by atoms with van der Waals surface area (Å²) < 4.78 is 3.15. The van der Waals surface area contributed by atoms with Crippen molar-refractivity contribution in [3.05, 3.63) is 105 Å². The van der Waals surface area contributed by atoms with Gasteiger partial charge in [-0.15, -0.1) is 0 Å². The molecule has 2 aliphatic carbocycles. The number of allylic oxidation sites excluding steroid dienone is 8. The molecule has 113 valence electrons. The number of benzene rings is 2. The van der Waals surface area contributed by atoms with Gasteiger partial charge in [-0.1, -0.05) is 0 Å². The van der Waals surface area contributed by atoms with Gasteiger partial charge < -0.3 is 0 Å². The zero-order valence-electron chi connectivity index (χ0n) is 12.9. The fourth-order valence-corrected chi connectivity index (χ4v) is 4.82. The molecule has 4 rings (SSSR count). The molecule has 2 aliphatic rings. The van der Waals surface area contributed by atoms with Gasteiger partial charge in [-0.2, -0.15) is 0 Å². The minimum atomic E-state index is 0.749. The van der Waals surface area contributed by atoms with Gasteiger partial charge in [-0.25, -0.2) is 0 Å². The van der Waals surface area contributed by atoms with Crippen molar-refractivity contribution in [1.82, 2.24) is 0 Å². The van der Waals surface area contributed by atoms with Crippen LogP contribution in [0.4, 0.5) is 0 Å². The van der Waals surface area contributed by atoms with E-state index in [9.17, 15) is 0 Å². The monoisotopic (exact) mass is 337 g/mol. The molecule has 0 saturated carbocycles. The Hall–Kier alpha value is -2.08. The van der Waals surface area contributed by atoms with Crippen molar-refractivity contribution in [2.75, 3.05) is 0 Å². The van der Waals surface area contributed by atoms with E-state index in [2.05, 4.69) is 85.0 Å². The van der Waals surface area contributed by atoms with Crippen LogP contribution >= 0.6 is 0 Å². The normalized spacial score (nSPS) is 16.7. The summed E-state index contributed by atoms with van der Waals surface area (Å²) in [5.41, 5.74) is 5.55. The Kier molecular flexibility index (Phi) is 4.15. The fraction of sp³-hybridized carbons (Fsp3) is 0.0909. The van der Waals surface area contributed by atoms with Crippen LogP contribution < -0.4 is 0 Å². The van der Waals surface area contributed by atoms with Crippen molar-refractivity contribution in [3.8, 4) is 0 Å². The van der Waals surface area contributed by atoms with E-state index in [-0.39, 0.29) is 0 Å². The van der Waals surface area contributed by atoms with E-state index in [1.54, 1.807) is 8.94 Å². The maximum absolute atomic E-state index is 2.30. The molecule has 0 heterocycles. The average Bonchev–Trinajstić information content (AvgIpc) is 3.26. The molecule has 0 fully saturated rings. The second kappa shape index (κ2) is 6.58. The molecule has 0 aliphatic heterocycles. The molecule has 0 bridgehead atoms. The predicted molar refractivity (Wildman–Crippen MR) is 94.2 cm³/mol. The first-order chi connectivity index (χ1) is 11.4. The van der Waals surface area contributed by atoms with Gasteiger partial charge in [0.15, 0.2) is 0 Å². The van der Waals surface area contributed by atoms with Gasteiger partial charge in [0.1, 0.15) is 0 Å². The summed E-state index contributed by atoms with van der Waals surface area (Å²) in [6.07, 6.45) is 11.4. The first-order valence-electron chi connectivity index (χ1n) is 7.97. The van der Waals surface area contributed by atoms with Gasteiger partial charge in [-0.05, 0) is 0 Å². The van der Waals surface area contributed by atoms with Crippen molar-refractivity contribution in [3.63, 3.8) is 0 Å². The Morgan fingerprint density at radius 2 is 1.00 bits per heavy atom. The van der Waals surface area contributed by atoms with E-state index in [1.165, 1.54) is 22.3 Å². The summed E-state index contributed by atoms with van der Waals surface area (Å²) in [6, 6.07) is 21.5. The molecule has 0 saturated heterocycles. The Balaban J connectivity index is 1.67. The van der Waals surface area contributed by atoms with Crippen molar-refractivity contribution in [2.24, 2.45) is 0 Å². The van der Waals surface area contributed by atoms with Crippen molar-refractivity contribution in [1.29, 1.82) is 0 Å². The van der Waals surface area contributed by atoms with Crippen LogP contribution in [0.3, 0.4) is 0 Å². The van der Waals surface area contributed by atoms with Gasteiger partial charge in [0, 0.05) is 0 Å². The van der Waals surface area contributed by atoms with Crippen LogP contribution in [0.1, 0.15) is 24.0 Å². The fourth-order valence-electron chi connectivity index (χ4n) is 3.02. The maximum atomic E-state index is 2.30. The van der Waals surface area contributed by atoms with E-state index < -0.39 is 0 Å². The second-order valence-corrected chi connectivity index (χ2v) is 7.40. The van der Waals surface area contributed by atoms with Gasteiger partial charge in [-0.3, -0.25) is 0 Å². The van der Waals surface area contributed by atoms with Crippen LogP contribution in [0, 0.1) is 0 Å². The van der Waals surface area contributed by atoms with Crippen molar-refractivity contribution >= 4 is 11.1 Å². The summed E-state index contributed by atoms with van der Waals surface area (Å²) >= 11 is 0.749. The summed E-state index contributed by atoms with van der Waals surface area (Å²) in [5.74, 6) is 0. The molecule has 0 aromatic heterocycles. The predicted octanol–water partition coefficient (Wildman–Crippen LogP) is 5.81. The molecule has 0 atom stereocenters. The van der Waals surface area contributed by atoms with Gasteiger partial charge in [0.25, 0.3) is 0 Å². The molecule has 23 heavy (non-hydrogen) atoms. The standard InChI is InChI=1S/2C11H9.Mn/c2*1-2-6-10(7-3-1)11-8-4-5-9-11;/h2*1-4,6-8H,5H2;. The first kappa shape index (κ1) is 14.5. The molecule has 0 amide bonds. The molecule has 0 spiro atoms. The third-order valence-corrected chi connectivity index (χ3v) is 5.98. The van der Waals surface area contributed by atoms with E-state index in [0.29, 0.717) is 0 Å². The summed E-state index contributed by atoms with van der Waals surface area (Å²) in [5, 5.41) is 0. The molecule has 2 aromatic rings. The van der Waals surface area contributed by atoms with Gasteiger partial charge in [0.2, 0.25) is 0 Å². The molecule has 0 unspecified atom stereocenters. The van der Waals surface area contributed by atoms with Crippen LogP contribution in [0.5, 0.6) is 0 Å². The second-order valence-electron chi connectivity index (χ2n) is 5.68. The number of rotatable bonds is 4. The molecule has 0 N–H and O–H groups in total. The van der Waals surface area contributed by atoms with Crippen LogP contribution in [-0.2, 0) is 15.0 Å². The zero-order valence-corrected chi connectivity index (χ0v) is 14.1. The Morgan fingerprint density at radius 3 is 1.43 bits per heavy atom. The minimum absolute atomic E-state index is 0.749. The van der Waals surface area contributed by atoms with Gasteiger partial charge in [0.05, 0.1) is 0 Å². The quantitative estimate of drug-likeness (QED) is 0.618. The van der Waals surface area contributed by atoms with E-state index in [4.69, 9.17) is 0 Å². The molecule has 1 heteroatoms. The van der Waals surface area contributed by atoms with E-state index >= 15 is 0 Å². The molecule has 0 radical (unpaired) electrons. The number of hydrogen-bond donors (Lipinski definition) is 0. The summed E-state index contributed by atoms with van der Waals surface area (Å²) in [4.78, 5) is 0. The van der Waals surface area contributed by atoms with Crippen molar-refractivity contribution < 1.29 is 15.0 Å². The Labute approximate surface area is 144 Å². The Morgan fingerprint density at radius 1 is 0.565 bits per heavy atom. The van der Waals surface area contributed by atoms with E-state index in [0.717, 1.165) is 27.8 Å². The topological polar surface area (TPSA) is 0 Å². The third-order valence-electron chi connectivity index (χ3n) is 4.15.